The molecule has 3 aliphatic rings. The molecule has 6 rings (SSSR count). The number of hydrogen-bond donors (Lipinski definition) is 1. The van der Waals surface area contributed by atoms with Gasteiger partial charge >= 0.3 is 0 Å². The lowest BCUT2D eigenvalue weighted by molar-refractivity contribution is 0.0758. The standard InChI is InChI=1S/C25H30N6O2/c1-29-19-5-3-2-4-18(19)14-20(29)24(33)30-12-10-25(16-30)9-8-21-27-28-22(31(21)13-11-25)23(32)26-15-17-6-7-17/h2-5,14,17H,6-13,15-16H2,1H3,(H,26,32). The van der Waals surface area contributed by atoms with E-state index in [2.05, 4.69) is 27.6 Å². The molecule has 0 bridgehead atoms. The zero-order chi connectivity index (χ0) is 22.6. The van der Waals surface area contributed by atoms with Crippen LogP contribution in [0, 0.1) is 11.3 Å². The van der Waals surface area contributed by atoms with E-state index in [9.17, 15) is 9.59 Å². The summed E-state index contributed by atoms with van der Waals surface area (Å²) in [6.07, 6.45) is 6.08. The first kappa shape index (κ1) is 20.4. The molecule has 2 amide bonds. The highest BCUT2D eigenvalue weighted by Gasteiger charge is 2.42. The highest BCUT2D eigenvalue weighted by Crippen LogP contribution is 2.41. The van der Waals surface area contributed by atoms with E-state index in [4.69, 9.17) is 0 Å². The number of aromatic nitrogens is 4. The van der Waals surface area contributed by atoms with Gasteiger partial charge in [0.2, 0.25) is 5.82 Å². The Labute approximate surface area is 193 Å². The van der Waals surface area contributed by atoms with Crippen LogP contribution in [-0.4, -0.2) is 55.7 Å². The zero-order valence-corrected chi connectivity index (χ0v) is 19.1. The molecule has 1 aliphatic carbocycles. The second kappa shape index (κ2) is 7.71. The van der Waals surface area contributed by atoms with Crippen LogP contribution < -0.4 is 5.32 Å². The van der Waals surface area contributed by atoms with Crippen LogP contribution in [-0.2, 0) is 20.0 Å². The summed E-state index contributed by atoms with van der Waals surface area (Å²) in [7, 11) is 1.97. The van der Waals surface area contributed by atoms with Crippen molar-refractivity contribution in [1.29, 1.82) is 0 Å². The summed E-state index contributed by atoms with van der Waals surface area (Å²) in [5.41, 5.74) is 1.89. The Morgan fingerprint density at radius 3 is 2.76 bits per heavy atom. The van der Waals surface area contributed by atoms with Crippen LogP contribution in [0.3, 0.4) is 0 Å². The number of carbonyl (C=O) groups excluding carboxylic acids is 2. The van der Waals surface area contributed by atoms with Crippen molar-refractivity contribution in [3.05, 3.63) is 47.7 Å². The van der Waals surface area contributed by atoms with Crippen molar-refractivity contribution >= 4 is 22.7 Å². The molecule has 0 radical (unpaired) electrons. The van der Waals surface area contributed by atoms with Crippen molar-refractivity contribution in [3.8, 4) is 0 Å². The average Bonchev–Trinajstić information content (AvgIpc) is 3.34. The summed E-state index contributed by atoms with van der Waals surface area (Å²) < 4.78 is 4.01. The summed E-state index contributed by atoms with van der Waals surface area (Å²) in [6, 6.07) is 10.1. The number of rotatable bonds is 4. The SMILES string of the molecule is Cn1c(C(=O)N2CCC3(CCc4nnc(C(=O)NCC5CC5)n4CC3)C2)cc2ccccc21. The Morgan fingerprint density at radius 2 is 1.94 bits per heavy atom. The van der Waals surface area contributed by atoms with Crippen LogP contribution in [0.15, 0.2) is 30.3 Å². The third-order valence-electron chi connectivity index (χ3n) is 7.92. The molecule has 1 saturated carbocycles. The molecule has 8 nitrogen and oxygen atoms in total. The number of aryl methyl sites for hydroxylation is 2. The number of nitrogens with one attached hydrogen (secondary N) is 1. The van der Waals surface area contributed by atoms with Crippen molar-refractivity contribution in [2.45, 2.75) is 45.1 Å². The van der Waals surface area contributed by atoms with E-state index in [0.29, 0.717) is 11.7 Å². The normalized spacial score (nSPS) is 22.5. The first-order valence-corrected chi connectivity index (χ1v) is 12.1. The average molecular weight is 447 g/mol. The molecule has 1 spiro atoms. The van der Waals surface area contributed by atoms with Gasteiger partial charge < -0.3 is 19.4 Å². The molecule has 1 atom stereocenters. The lowest BCUT2D eigenvalue weighted by atomic mass is 9.80. The summed E-state index contributed by atoms with van der Waals surface area (Å²) in [5, 5.41) is 12.7. The zero-order valence-electron chi connectivity index (χ0n) is 19.1. The summed E-state index contributed by atoms with van der Waals surface area (Å²) >= 11 is 0. The molecule has 2 aromatic heterocycles. The van der Waals surface area contributed by atoms with E-state index < -0.39 is 0 Å². The van der Waals surface area contributed by atoms with Crippen molar-refractivity contribution < 1.29 is 9.59 Å². The van der Waals surface area contributed by atoms with Crippen LogP contribution in [0.4, 0.5) is 0 Å². The van der Waals surface area contributed by atoms with Crippen molar-refractivity contribution in [2.24, 2.45) is 18.4 Å². The fourth-order valence-corrected chi connectivity index (χ4v) is 5.58. The number of fused-ring (bicyclic) bond motifs is 2. The largest absolute Gasteiger partial charge is 0.349 e. The van der Waals surface area contributed by atoms with Crippen molar-refractivity contribution in [2.75, 3.05) is 19.6 Å². The summed E-state index contributed by atoms with van der Waals surface area (Å²) in [5.74, 6) is 1.95. The van der Waals surface area contributed by atoms with Gasteiger partial charge in [-0.15, -0.1) is 10.2 Å². The minimum absolute atomic E-state index is 0.0721. The van der Waals surface area contributed by atoms with Crippen LogP contribution in [0.5, 0.6) is 0 Å². The molecule has 2 fully saturated rings. The molecular weight excluding hydrogens is 416 g/mol. The quantitative estimate of drug-likeness (QED) is 0.668. The first-order valence-electron chi connectivity index (χ1n) is 12.1. The van der Waals surface area contributed by atoms with Gasteiger partial charge in [-0.3, -0.25) is 9.59 Å². The number of likely N-dealkylation sites (tertiary alicyclic amines) is 1. The third-order valence-corrected chi connectivity index (χ3v) is 7.92. The molecule has 2 aliphatic heterocycles. The van der Waals surface area contributed by atoms with Crippen LogP contribution in [0.1, 0.15) is 59.0 Å². The van der Waals surface area contributed by atoms with Crippen molar-refractivity contribution in [3.63, 3.8) is 0 Å². The number of carbonyl (C=O) groups is 2. The van der Waals surface area contributed by atoms with Gasteiger partial charge in [0, 0.05) is 50.6 Å². The maximum absolute atomic E-state index is 13.4. The van der Waals surface area contributed by atoms with Crippen molar-refractivity contribution in [1.82, 2.24) is 29.5 Å². The van der Waals surface area contributed by atoms with Crippen LogP contribution in [0.2, 0.25) is 0 Å². The van der Waals surface area contributed by atoms with Gasteiger partial charge in [-0.05, 0) is 55.6 Å². The van der Waals surface area contributed by atoms with E-state index in [0.717, 1.165) is 74.3 Å². The molecule has 1 aromatic carbocycles. The molecule has 1 unspecified atom stereocenters. The molecule has 8 heteroatoms. The number of amides is 2. The predicted octanol–water partition coefficient (Wildman–Crippen LogP) is 2.78. The van der Waals surface area contributed by atoms with E-state index in [-0.39, 0.29) is 17.2 Å². The maximum Gasteiger partial charge on any atom is 0.289 e. The molecule has 1 saturated heterocycles. The minimum Gasteiger partial charge on any atom is -0.349 e. The van der Waals surface area contributed by atoms with Crippen LogP contribution >= 0.6 is 0 Å². The Kier molecular flexibility index (Phi) is 4.78. The molecule has 4 heterocycles. The van der Waals surface area contributed by atoms with E-state index in [1.54, 1.807) is 0 Å². The summed E-state index contributed by atoms with van der Waals surface area (Å²) in [4.78, 5) is 28.1. The summed E-state index contributed by atoms with van der Waals surface area (Å²) in [6.45, 7) is 2.99. The highest BCUT2D eigenvalue weighted by atomic mass is 16.2. The lowest BCUT2D eigenvalue weighted by Crippen LogP contribution is -2.33. The Hall–Kier alpha value is -3.16. The number of nitrogens with zero attached hydrogens (tertiary/aromatic N) is 5. The Bertz CT molecular complexity index is 1240. The van der Waals surface area contributed by atoms with E-state index >= 15 is 0 Å². The smallest absolute Gasteiger partial charge is 0.289 e. The second-order valence-corrected chi connectivity index (χ2v) is 10.1. The Morgan fingerprint density at radius 1 is 1.12 bits per heavy atom. The van der Waals surface area contributed by atoms with Gasteiger partial charge in [0.1, 0.15) is 11.5 Å². The number of para-hydroxylation sites is 1. The fraction of sp³-hybridized carbons (Fsp3) is 0.520. The van der Waals surface area contributed by atoms with Crippen LogP contribution in [0.25, 0.3) is 10.9 Å². The number of benzene rings is 1. The monoisotopic (exact) mass is 446 g/mol. The van der Waals surface area contributed by atoms with Gasteiger partial charge in [0.25, 0.3) is 11.8 Å². The molecule has 172 valence electrons. The maximum atomic E-state index is 13.4. The van der Waals surface area contributed by atoms with Gasteiger partial charge in [0.05, 0.1) is 0 Å². The van der Waals surface area contributed by atoms with Gasteiger partial charge in [-0.2, -0.15) is 0 Å². The predicted molar refractivity (Wildman–Crippen MR) is 124 cm³/mol. The second-order valence-electron chi connectivity index (χ2n) is 10.1. The topological polar surface area (TPSA) is 85.1 Å². The van der Waals surface area contributed by atoms with Gasteiger partial charge in [0.15, 0.2) is 0 Å². The molecule has 1 N–H and O–H groups in total. The van der Waals surface area contributed by atoms with Gasteiger partial charge in [-0.25, -0.2) is 0 Å². The molecule has 3 aromatic rings. The molecular formula is C25H30N6O2. The van der Waals surface area contributed by atoms with Gasteiger partial charge in [-0.1, -0.05) is 18.2 Å². The van der Waals surface area contributed by atoms with E-state index in [1.807, 2.05) is 39.3 Å². The number of hydrogen-bond acceptors (Lipinski definition) is 4. The highest BCUT2D eigenvalue weighted by molar-refractivity contribution is 5.98. The van der Waals surface area contributed by atoms with E-state index in [1.165, 1.54) is 12.8 Å². The lowest BCUT2D eigenvalue weighted by Gasteiger charge is -2.27. The Balaban J connectivity index is 1.16. The third kappa shape index (κ3) is 3.61. The first-order chi connectivity index (χ1) is 16.0. The fourth-order valence-electron chi connectivity index (χ4n) is 5.58. The minimum atomic E-state index is -0.115. The molecule has 33 heavy (non-hydrogen) atoms.